The first-order valence-electron chi connectivity index (χ1n) is 16.7. The lowest BCUT2D eigenvalue weighted by Crippen LogP contribution is -1.96. The SMILES string of the molecule is c1ccc(-c2nc(-c3ccccc3)c3cc(-c4cccc(-n5c6ccc7ccccc7c6c6c7ccccc7ccc65)c4)ccc3n2)cc1. The molecule has 0 aliphatic rings. The lowest BCUT2D eigenvalue weighted by atomic mass is 9.99. The maximum Gasteiger partial charge on any atom is 0.160 e. The van der Waals surface area contributed by atoms with E-state index in [1.165, 1.54) is 43.4 Å². The van der Waals surface area contributed by atoms with E-state index >= 15 is 0 Å². The second kappa shape index (κ2) is 11.0. The van der Waals surface area contributed by atoms with E-state index in [0.29, 0.717) is 0 Å². The number of hydrogen-bond donors (Lipinski definition) is 0. The van der Waals surface area contributed by atoms with Crippen LogP contribution in [0.4, 0.5) is 0 Å². The monoisotopic (exact) mass is 623 g/mol. The number of benzene rings is 8. The zero-order valence-corrected chi connectivity index (χ0v) is 26.6. The molecule has 228 valence electrons. The molecule has 0 aliphatic heterocycles. The van der Waals surface area contributed by atoms with Crippen LogP contribution in [0.1, 0.15) is 0 Å². The van der Waals surface area contributed by atoms with Gasteiger partial charge in [-0.1, -0.05) is 140 Å². The summed E-state index contributed by atoms with van der Waals surface area (Å²) >= 11 is 0. The van der Waals surface area contributed by atoms with Crippen LogP contribution in [0.3, 0.4) is 0 Å². The zero-order valence-electron chi connectivity index (χ0n) is 26.6. The number of rotatable bonds is 4. The smallest absolute Gasteiger partial charge is 0.160 e. The highest BCUT2D eigenvalue weighted by atomic mass is 15.0. The maximum absolute atomic E-state index is 5.14. The zero-order chi connectivity index (χ0) is 32.3. The summed E-state index contributed by atoms with van der Waals surface area (Å²) in [5.74, 6) is 0.730. The average molecular weight is 624 g/mol. The van der Waals surface area contributed by atoms with Gasteiger partial charge in [0.25, 0.3) is 0 Å². The molecule has 0 saturated carbocycles. The molecule has 3 heteroatoms. The largest absolute Gasteiger partial charge is 0.309 e. The first kappa shape index (κ1) is 27.5. The van der Waals surface area contributed by atoms with Crippen molar-refractivity contribution in [2.75, 3.05) is 0 Å². The van der Waals surface area contributed by atoms with E-state index < -0.39 is 0 Å². The first-order chi connectivity index (χ1) is 24.3. The average Bonchev–Trinajstić information content (AvgIpc) is 3.53. The van der Waals surface area contributed by atoms with Crippen molar-refractivity contribution in [3.05, 3.63) is 176 Å². The summed E-state index contributed by atoms with van der Waals surface area (Å²) in [5.41, 5.74) is 9.73. The van der Waals surface area contributed by atoms with Crippen molar-refractivity contribution in [3.8, 4) is 39.5 Å². The Labute approximate surface area is 283 Å². The van der Waals surface area contributed by atoms with Gasteiger partial charge in [0, 0.05) is 33.0 Å². The third-order valence-electron chi connectivity index (χ3n) is 9.76. The van der Waals surface area contributed by atoms with Crippen molar-refractivity contribution < 1.29 is 0 Å². The third-order valence-corrected chi connectivity index (χ3v) is 9.76. The van der Waals surface area contributed by atoms with E-state index in [-0.39, 0.29) is 0 Å². The summed E-state index contributed by atoms with van der Waals surface area (Å²) < 4.78 is 2.43. The predicted octanol–water partition coefficient (Wildman–Crippen LogP) is 12.0. The quantitative estimate of drug-likeness (QED) is 0.195. The highest BCUT2D eigenvalue weighted by Crippen LogP contribution is 2.41. The van der Waals surface area contributed by atoms with Gasteiger partial charge in [-0.3, -0.25) is 0 Å². The molecule has 2 heterocycles. The molecule has 0 unspecified atom stereocenters. The lowest BCUT2D eigenvalue weighted by molar-refractivity contribution is 1.18. The van der Waals surface area contributed by atoms with Gasteiger partial charge in [0.05, 0.1) is 22.2 Å². The van der Waals surface area contributed by atoms with E-state index in [9.17, 15) is 0 Å². The topological polar surface area (TPSA) is 30.7 Å². The Bertz CT molecular complexity index is 2780. The number of hydrogen-bond acceptors (Lipinski definition) is 2. The molecule has 0 radical (unpaired) electrons. The molecule has 0 spiro atoms. The highest BCUT2D eigenvalue weighted by Gasteiger charge is 2.18. The Kier molecular flexibility index (Phi) is 6.18. The Morgan fingerprint density at radius 3 is 1.61 bits per heavy atom. The third kappa shape index (κ3) is 4.44. The van der Waals surface area contributed by atoms with Gasteiger partial charge in [-0.05, 0) is 69.1 Å². The normalized spacial score (nSPS) is 11.7. The van der Waals surface area contributed by atoms with Crippen molar-refractivity contribution in [2.24, 2.45) is 0 Å². The van der Waals surface area contributed by atoms with Crippen molar-refractivity contribution >= 4 is 54.3 Å². The van der Waals surface area contributed by atoms with E-state index in [1.807, 2.05) is 24.3 Å². The molecule has 0 fully saturated rings. The van der Waals surface area contributed by atoms with Crippen molar-refractivity contribution in [1.29, 1.82) is 0 Å². The Morgan fingerprint density at radius 1 is 0.367 bits per heavy atom. The van der Waals surface area contributed by atoms with Gasteiger partial charge in [0.15, 0.2) is 5.82 Å². The van der Waals surface area contributed by atoms with E-state index in [2.05, 4.69) is 156 Å². The number of fused-ring (bicyclic) bond motifs is 8. The number of nitrogens with zero attached hydrogens (tertiary/aromatic N) is 3. The summed E-state index contributed by atoms with van der Waals surface area (Å²) in [4.78, 5) is 10.2. The van der Waals surface area contributed by atoms with Gasteiger partial charge in [-0.2, -0.15) is 0 Å². The van der Waals surface area contributed by atoms with Crippen LogP contribution in [0.5, 0.6) is 0 Å². The molecular formula is C46H29N3. The van der Waals surface area contributed by atoms with Gasteiger partial charge >= 0.3 is 0 Å². The molecule has 0 N–H and O–H groups in total. The van der Waals surface area contributed by atoms with E-state index in [0.717, 1.165) is 50.4 Å². The molecular weight excluding hydrogens is 595 g/mol. The molecule has 0 aliphatic carbocycles. The fraction of sp³-hybridized carbons (Fsp3) is 0. The molecule has 0 bridgehead atoms. The van der Waals surface area contributed by atoms with E-state index in [4.69, 9.17) is 9.97 Å². The first-order valence-corrected chi connectivity index (χ1v) is 16.7. The summed E-state index contributed by atoms with van der Waals surface area (Å²) in [6.07, 6.45) is 0. The minimum Gasteiger partial charge on any atom is -0.309 e. The molecule has 0 saturated heterocycles. The van der Waals surface area contributed by atoms with Gasteiger partial charge in [-0.15, -0.1) is 0 Å². The van der Waals surface area contributed by atoms with Gasteiger partial charge in [0.2, 0.25) is 0 Å². The Hall–Kier alpha value is -6.58. The molecule has 2 aromatic heterocycles. The van der Waals surface area contributed by atoms with Crippen LogP contribution in [0.15, 0.2) is 176 Å². The summed E-state index contributed by atoms with van der Waals surface area (Å²) in [5, 5.41) is 8.66. The van der Waals surface area contributed by atoms with Crippen molar-refractivity contribution in [3.63, 3.8) is 0 Å². The fourth-order valence-corrected chi connectivity index (χ4v) is 7.49. The fourth-order valence-electron chi connectivity index (χ4n) is 7.49. The van der Waals surface area contributed by atoms with E-state index in [1.54, 1.807) is 0 Å². The van der Waals surface area contributed by atoms with Crippen molar-refractivity contribution in [2.45, 2.75) is 0 Å². The number of aromatic nitrogens is 3. The highest BCUT2D eigenvalue weighted by molar-refractivity contribution is 6.28. The molecule has 3 nitrogen and oxygen atoms in total. The summed E-state index contributed by atoms with van der Waals surface area (Å²) in [7, 11) is 0. The van der Waals surface area contributed by atoms with Gasteiger partial charge in [0.1, 0.15) is 0 Å². The van der Waals surface area contributed by atoms with Gasteiger partial charge in [-0.25, -0.2) is 9.97 Å². The molecule has 49 heavy (non-hydrogen) atoms. The van der Waals surface area contributed by atoms with Crippen LogP contribution >= 0.6 is 0 Å². The molecule has 10 aromatic rings. The minimum absolute atomic E-state index is 0.730. The van der Waals surface area contributed by atoms with Gasteiger partial charge < -0.3 is 4.57 Å². The van der Waals surface area contributed by atoms with Crippen LogP contribution in [0.25, 0.3) is 93.7 Å². The van der Waals surface area contributed by atoms with Crippen LogP contribution in [0.2, 0.25) is 0 Å². The minimum atomic E-state index is 0.730. The second-order valence-corrected chi connectivity index (χ2v) is 12.6. The summed E-state index contributed by atoms with van der Waals surface area (Å²) in [6.45, 7) is 0. The van der Waals surface area contributed by atoms with Crippen LogP contribution < -0.4 is 0 Å². The Morgan fingerprint density at radius 2 is 0.939 bits per heavy atom. The van der Waals surface area contributed by atoms with Crippen molar-refractivity contribution in [1.82, 2.24) is 14.5 Å². The lowest BCUT2D eigenvalue weighted by Gasteiger charge is -2.13. The van der Waals surface area contributed by atoms with Crippen LogP contribution in [-0.4, -0.2) is 14.5 Å². The van der Waals surface area contributed by atoms with Crippen LogP contribution in [0, 0.1) is 0 Å². The second-order valence-electron chi connectivity index (χ2n) is 12.6. The molecule has 10 rings (SSSR count). The van der Waals surface area contributed by atoms with Crippen LogP contribution in [-0.2, 0) is 0 Å². The molecule has 0 amide bonds. The maximum atomic E-state index is 5.14. The molecule has 0 atom stereocenters. The molecule has 8 aromatic carbocycles. The standard InChI is InChI=1S/C46H29N3/c1-3-14-32(15-4-1)45-39-29-35(22-25-40(39)47-46(48-45)33-16-5-2-6-17-33)34-18-11-19-36(28-34)49-41-26-23-30-12-7-9-20-37(30)43(41)44-38-21-10-8-13-31(38)24-27-42(44)49/h1-29H. The predicted molar refractivity (Wildman–Crippen MR) is 205 cm³/mol. The Balaban J connectivity index is 1.19. The summed E-state index contributed by atoms with van der Waals surface area (Å²) in [6, 6.07) is 62.6.